The molecule has 0 bridgehead atoms. The van der Waals surface area contributed by atoms with Gasteiger partial charge in [0.15, 0.2) is 0 Å². The van der Waals surface area contributed by atoms with Gasteiger partial charge in [-0.2, -0.15) is 0 Å². The molecule has 0 aliphatic carbocycles. The van der Waals surface area contributed by atoms with Crippen molar-refractivity contribution in [3.05, 3.63) is 35.6 Å². The van der Waals surface area contributed by atoms with Crippen LogP contribution in [0.5, 0.6) is 0 Å². The molecule has 0 radical (unpaired) electrons. The van der Waals surface area contributed by atoms with Crippen LogP contribution in [0.2, 0.25) is 0 Å². The molecule has 20 heavy (non-hydrogen) atoms. The van der Waals surface area contributed by atoms with E-state index in [1.54, 1.807) is 12.1 Å². The van der Waals surface area contributed by atoms with Crippen molar-refractivity contribution < 1.29 is 18.8 Å². The van der Waals surface area contributed by atoms with E-state index in [0.29, 0.717) is 6.42 Å². The zero-order chi connectivity index (χ0) is 14.5. The Kier molecular flexibility index (Phi) is 4.29. The third-order valence-electron chi connectivity index (χ3n) is 2.92. The number of hydrogen-bond acceptors (Lipinski definition) is 3. The number of benzene rings is 1. The van der Waals surface area contributed by atoms with Gasteiger partial charge in [0, 0.05) is 13.0 Å². The molecule has 6 nitrogen and oxygen atoms in total. The Morgan fingerprint density at radius 2 is 1.95 bits per heavy atom. The Labute approximate surface area is 114 Å². The minimum atomic E-state index is -0.725. The summed E-state index contributed by atoms with van der Waals surface area (Å²) in [4.78, 5) is 33.7. The van der Waals surface area contributed by atoms with Crippen LogP contribution in [0.3, 0.4) is 0 Å². The summed E-state index contributed by atoms with van der Waals surface area (Å²) in [7, 11) is 0. The van der Waals surface area contributed by atoms with Crippen LogP contribution in [0.4, 0.5) is 9.18 Å². The Morgan fingerprint density at radius 3 is 2.55 bits per heavy atom. The van der Waals surface area contributed by atoms with Gasteiger partial charge in [-0.05, 0) is 24.1 Å². The van der Waals surface area contributed by atoms with Crippen molar-refractivity contribution in [1.29, 1.82) is 0 Å². The van der Waals surface area contributed by atoms with Crippen LogP contribution >= 0.6 is 0 Å². The number of carbonyl (C=O) groups is 3. The minimum Gasteiger partial charge on any atom is -0.353 e. The number of imide groups is 1. The largest absolute Gasteiger partial charge is 0.353 e. The standard InChI is InChI=1S/C13H14FN3O3/c14-9-4-1-8(2-5-9)3-6-11(18)15-7-10-12(19)17-13(20)16-10/h1-2,4-5,10H,3,6-7H2,(H,15,18)(H2,16,17,19,20). The second kappa shape index (κ2) is 6.14. The summed E-state index contributed by atoms with van der Waals surface area (Å²) in [5.74, 6) is -1.00. The Hall–Kier alpha value is -2.44. The SMILES string of the molecule is O=C(CCc1ccc(F)cc1)NCC1NC(=O)NC1=O. The van der Waals surface area contributed by atoms with Crippen molar-refractivity contribution in [2.75, 3.05) is 6.54 Å². The summed E-state index contributed by atoms with van der Waals surface area (Å²) >= 11 is 0. The average molecular weight is 279 g/mol. The fourth-order valence-corrected chi connectivity index (χ4v) is 1.82. The highest BCUT2D eigenvalue weighted by Crippen LogP contribution is 2.05. The average Bonchev–Trinajstić information content (AvgIpc) is 2.74. The van der Waals surface area contributed by atoms with E-state index in [2.05, 4.69) is 16.0 Å². The van der Waals surface area contributed by atoms with Crippen molar-refractivity contribution in [2.24, 2.45) is 0 Å². The van der Waals surface area contributed by atoms with Crippen molar-refractivity contribution >= 4 is 17.8 Å². The molecule has 3 N–H and O–H groups in total. The highest BCUT2D eigenvalue weighted by molar-refractivity contribution is 6.04. The summed E-state index contributed by atoms with van der Waals surface area (Å²) in [6.45, 7) is 0.0554. The molecular weight excluding hydrogens is 265 g/mol. The molecule has 7 heteroatoms. The molecule has 2 rings (SSSR count). The summed E-state index contributed by atoms with van der Waals surface area (Å²) in [5.41, 5.74) is 0.855. The number of nitrogens with one attached hydrogen (secondary N) is 3. The molecular formula is C13H14FN3O3. The van der Waals surface area contributed by atoms with Gasteiger partial charge < -0.3 is 10.6 Å². The van der Waals surface area contributed by atoms with Crippen molar-refractivity contribution in [3.63, 3.8) is 0 Å². The Morgan fingerprint density at radius 1 is 1.25 bits per heavy atom. The molecule has 1 atom stereocenters. The van der Waals surface area contributed by atoms with E-state index in [1.807, 2.05) is 0 Å². The lowest BCUT2D eigenvalue weighted by Gasteiger charge is -2.09. The number of aryl methyl sites for hydroxylation is 1. The lowest BCUT2D eigenvalue weighted by atomic mass is 10.1. The third-order valence-corrected chi connectivity index (χ3v) is 2.92. The monoisotopic (exact) mass is 279 g/mol. The van der Waals surface area contributed by atoms with E-state index < -0.39 is 18.0 Å². The van der Waals surface area contributed by atoms with Crippen LogP contribution < -0.4 is 16.0 Å². The van der Waals surface area contributed by atoms with Crippen LogP contribution in [-0.2, 0) is 16.0 Å². The second-order valence-electron chi connectivity index (χ2n) is 4.45. The molecule has 1 saturated heterocycles. The number of urea groups is 1. The minimum absolute atomic E-state index is 0.0554. The van der Waals surface area contributed by atoms with Gasteiger partial charge in [0.05, 0.1) is 0 Å². The number of carbonyl (C=O) groups excluding carboxylic acids is 3. The first-order chi connectivity index (χ1) is 9.54. The van der Waals surface area contributed by atoms with Gasteiger partial charge in [-0.1, -0.05) is 12.1 Å². The number of halogens is 1. The predicted molar refractivity (Wildman–Crippen MR) is 68.2 cm³/mol. The summed E-state index contributed by atoms with van der Waals surface area (Å²) in [5, 5.41) is 7.03. The molecule has 1 aliphatic rings. The smallest absolute Gasteiger partial charge is 0.322 e. The highest BCUT2D eigenvalue weighted by atomic mass is 19.1. The maximum atomic E-state index is 12.7. The van der Waals surface area contributed by atoms with Crippen molar-refractivity contribution in [3.8, 4) is 0 Å². The first-order valence-corrected chi connectivity index (χ1v) is 6.17. The van der Waals surface area contributed by atoms with E-state index in [-0.39, 0.29) is 24.7 Å². The lowest BCUT2D eigenvalue weighted by Crippen LogP contribution is -2.41. The lowest BCUT2D eigenvalue weighted by molar-refractivity contribution is -0.122. The van der Waals surface area contributed by atoms with Gasteiger partial charge in [-0.25, -0.2) is 9.18 Å². The first kappa shape index (κ1) is 14.0. The topological polar surface area (TPSA) is 87.3 Å². The molecule has 1 aromatic carbocycles. The van der Waals surface area contributed by atoms with Crippen LogP contribution in [0.15, 0.2) is 24.3 Å². The van der Waals surface area contributed by atoms with Crippen LogP contribution in [-0.4, -0.2) is 30.4 Å². The Balaban J connectivity index is 1.72. The fourth-order valence-electron chi connectivity index (χ4n) is 1.82. The van der Waals surface area contributed by atoms with Gasteiger partial charge in [0.2, 0.25) is 5.91 Å². The second-order valence-corrected chi connectivity index (χ2v) is 4.45. The van der Waals surface area contributed by atoms with Gasteiger partial charge in [0.25, 0.3) is 5.91 Å². The van der Waals surface area contributed by atoms with E-state index in [4.69, 9.17) is 0 Å². The zero-order valence-corrected chi connectivity index (χ0v) is 10.6. The highest BCUT2D eigenvalue weighted by Gasteiger charge is 2.29. The van der Waals surface area contributed by atoms with E-state index in [1.165, 1.54) is 12.1 Å². The van der Waals surface area contributed by atoms with Crippen LogP contribution in [0.1, 0.15) is 12.0 Å². The van der Waals surface area contributed by atoms with E-state index in [9.17, 15) is 18.8 Å². The van der Waals surface area contributed by atoms with E-state index >= 15 is 0 Å². The molecule has 106 valence electrons. The van der Waals surface area contributed by atoms with Crippen molar-refractivity contribution in [1.82, 2.24) is 16.0 Å². The van der Waals surface area contributed by atoms with E-state index in [0.717, 1.165) is 5.56 Å². The number of amides is 4. The summed E-state index contributed by atoms with van der Waals surface area (Å²) < 4.78 is 12.7. The molecule has 1 fully saturated rings. The van der Waals surface area contributed by atoms with Crippen LogP contribution in [0, 0.1) is 5.82 Å². The van der Waals surface area contributed by atoms with Gasteiger partial charge in [0.1, 0.15) is 11.9 Å². The number of hydrogen-bond donors (Lipinski definition) is 3. The summed E-state index contributed by atoms with van der Waals surface area (Å²) in [6.07, 6.45) is 0.712. The van der Waals surface area contributed by atoms with Crippen molar-refractivity contribution in [2.45, 2.75) is 18.9 Å². The molecule has 1 heterocycles. The predicted octanol–water partition coefficient (Wildman–Crippen LogP) is 0.0825. The normalized spacial score (nSPS) is 17.6. The molecule has 1 aliphatic heterocycles. The maximum absolute atomic E-state index is 12.7. The third kappa shape index (κ3) is 3.78. The molecule has 0 aromatic heterocycles. The molecule has 1 unspecified atom stereocenters. The number of rotatable bonds is 5. The molecule has 0 spiro atoms. The molecule has 0 saturated carbocycles. The zero-order valence-electron chi connectivity index (χ0n) is 10.6. The van der Waals surface area contributed by atoms with Gasteiger partial charge in [-0.15, -0.1) is 0 Å². The van der Waals surface area contributed by atoms with Crippen LogP contribution in [0.25, 0.3) is 0 Å². The quantitative estimate of drug-likeness (QED) is 0.667. The molecule has 1 aromatic rings. The fraction of sp³-hybridized carbons (Fsp3) is 0.308. The summed E-state index contributed by atoms with van der Waals surface area (Å²) in [6, 6.07) is 4.63. The molecule has 4 amide bonds. The Bertz CT molecular complexity index is 530. The maximum Gasteiger partial charge on any atom is 0.322 e. The first-order valence-electron chi connectivity index (χ1n) is 6.17. The van der Waals surface area contributed by atoms with Gasteiger partial charge >= 0.3 is 6.03 Å². The van der Waals surface area contributed by atoms with Gasteiger partial charge in [-0.3, -0.25) is 14.9 Å².